The normalized spacial score (nSPS) is 25.3. The lowest BCUT2D eigenvalue weighted by Gasteiger charge is -2.28. The third kappa shape index (κ3) is 2.39. The molecule has 1 aliphatic heterocycles. The number of nitrogens with two attached hydrogens (primary N) is 1. The summed E-state index contributed by atoms with van der Waals surface area (Å²) in [5.74, 6) is -0.381. The summed E-state index contributed by atoms with van der Waals surface area (Å²) in [5.41, 5.74) is 6.35. The molecule has 3 nitrogen and oxygen atoms in total. The number of hydrogen-bond acceptors (Lipinski definition) is 2. The van der Waals surface area contributed by atoms with Gasteiger partial charge in [-0.05, 0) is 30.0 Å². The highest BCUT2D eigenvalue weighted by atomic mass is 19.1. The Balaban J connectivity index is 2.09. The Kier molecular flexibility index (Phi) is 3.19. The quantitative estimate of drug-likeness (QED) is 0.784. The fourth-order valence-corrected chi connectivity index (χ4v) is 2.15. The summed E-state index contributed by atoms with van der Waals surface area (Å²) in [5, 5.41) is 3.18. The van der Waals surface area contributed by atoms with Gasteiger partial charge in [0.15, 0.2) is 0 Å². The number of primary amides is 1. The Morgan fingerprint density at radius 2 is 2.00 bits per heavy atom. The summed E-state index contributed by atoms with van der Waals surface area (Å²) >= 11 is 0. The number of nitrogens with one attached hydrogen (secondary N) is 1. The molecule has 3 N–H and O–H groups in total. The van der Waals surface area contributed by atoms with Gasteiger partial charge in [-0.15, -0.1) is 0 Å². The minimum atomic E-state index is -0.265. The third-order valence-electron chi connectivity index (χ3n) is 3.09. The predicted octanol–water partition coefficient (Wildman–Crippen LogP) is 1.00. The number of carbonyl (C=O) groups excluding carboxylic acids is 1. The molecular formula is C12H15FN2O. The zero-order chi connectivity index (χ0) is 11.5. The Labute approximate surface area is 93.8 Å². The average Bonchev–Trinajstić information content (AvgIpc) is 2.30. The molecule has 0 bridgehead atoms. The van der Waals surface area contributed by atoms with Gasteiger partial charge in [0.05, 0.1) is 5.92 Å². The summed E-state index contributed by atoms with van der Waals surface area (Å²) in [4.78, 5) is 11.1. The molecule has 0 saturated carbocycles. The molecule has 0 aromatic heterocycles. The first-order valence-electron chi connectivity index (χ1n) is 5.42. The van der Waals surface area contributed by atoms with Crippen molar-refractivity contribution in [2.24, 2.45) is 11.7 Å². The first-order chi connectivity index (χ1) is 7.66. The second kappa shape index (κ2) is 4.61. The van der Waals surface area contributed by atoms with Crippen LogP contribution in [0.25, 0.3) is 0 Å². The largest absolute Gasteiger partial charge is 0.369 e. The molecule has 1 aliphatic rings. The number of benzene rings is 1. The molecule has 1 heterocycles. The number of piperidine rings is 1. The van der Waals surface area contributed by atoms with Crippen molar-refractivity contribution in [1.82, 2.24) is 5.32 Å². The van der Waals surface area contributed by atoms with Crippen LogP contribution in [0.2, 0.25) is 0 Å². The van der Waals surface area contributed by atoms with Crippen molar-refractivity contribution in [3.8, 4) is 0 Å². The Hall–Kier alpha value is -1.42. The number of carbonyl (C=O) groups is 1. The first-order valence-corrected chi connectivity index (χ1v) is 5.42. The molecule has 1 fully saturated rings. The van der Waals surface area contributed by atoms with Gasteiger partial charge < -0.3 is 11.1 Å². The second-order valence-corrected chi connectivity index (χ2v) is 4.24. The van der Waals surface area contributed by atoms with Crippen molar-refractivity contribution in [1.29, 1.82) is 0 Å². The minimum Gasteiger partial charge on any atom is -0.369 e. The van der Waals surface area contributed by atoms with Gasteiger partial charge in [0.1, 0.15) is 5.82 Å². The van der Waals surface area contributed by atoms with E-state index in [1.807, 2.05) is 0 Å². The lowest BCUT2D eigenvalue weighted by molar-refractivity contribution is -0.122. The predicted molar refractivity (Wildman–Crippen MR) is 59.3 cm³/mol. The van der Waals surface area contributed by atoms with E-state index in [4.69, 9.17) is 5.73 Å². The van der Waals surface area contributed by atoms with E-state index in [0.717, 1.165) is 18.5 Å². The molecular weight excluding hydrogens is 207 g/mol. The van der Waals surface area contributed by atoms with Gasteiger partial charge in [0.25, 0.3) is 0 Å². The van der Waals surface area contributed by atoms with Gasteiger partial charge in [0, 0.05) is 13.1 Å². The fraction of sp³-hybridized carbons (Fsp3) is 0.417. The Morgan fingerprint density at radius 3 is 2.62 bits per heavy atom. The number of hydrogen-bond donors (Lipinski definition) is 2. The van der Waals surface area contributed by atoms with Crippen molar-refractivity contribution in [3.05, 3.63) is 35.6 Å². The molecule has 1 amide bonds. The van der Waals surface area contributed by atoms with E-state index in [9.17, 15) is 9.18 Å². The van der Waals surface area contributed by atoms with Crippen LogP contribution in [0.3, 0.4) is 0 Å². The molecule has 0 spiro atoms. The Morgan fingerprint density at radius 1 is 1.31 bits per heavy atom. The highest BCUT2D eigenvalue weighted by Gasteiger charge is 2.26. The van der Waals surface area contributed by atoms with Crippen LogP contribution >= 0.6 is 0 Å². The lowest BCUT2D eigenvalue weighted by Crippen LogP contribution is -2.41. The zero-order valence-electron chi connectivity index (χ0n) is 8.95. The molecule has 2 atom stereocenters. The monoisotopic (exact) mass is 222 g/mol. The molecule has 0 aliphatic carbocycles. The van der Waals surface area contributed by atoms with Gasteiger partial charge >= 0.3 is 0 Å². The maximum absolute atomic E-state index is 12.8. The van der Waals surface area contributed by atoms with Crippen molar-refractivity contribution in [2.75, 3.05) is 13.1 Å². The van der Waals surface area contributed by atoms with Crippen LogP contribution in [0.4, 0.5) is 4.39 Å². The Bertz CT molecular complexity index is 377. The first kappa shape index (κ1) is 11.1. The van der Waals surface area contributed by atoms with Crippen molar-refractivity contribution in [3.63, 3.8) is 0 Å². The maximum atomic E-state index is 12.8. The minimum absolute atomic E-state index is 0.121. The van der Waals surface area contributed by atoms with Crippen LogP contribution in [-0.2, 0) is 4.79 Å². The maximum Gasteiger partial charge on any atom is 0.221 e. The van der Waals surface area contributed by atoms with E-state index in [1.54, 1.807) is 12.1 Å². The number of rotatable bonds is 2. The van der Waals surface area contributed by atoms with Gasteiger partial charge in [-0.3, -0.25) is 4.79 Å². The van der Waals surface area contributed by atoms with Crippen LogP contribution in [0.15, 0.2) is 24.3 Å². The van der Waals surface area contributed by atoms with Gasteiger partial charge in [-0.25, -0.2) is 4.39 Å². The SMILES string of the molecule is NC(=O)C1CNCC(c2ccc(F)cc2)C1. The smallest absolute Gasteiger partial charge is 0.221 e. The van der Waals surface area contributed by atoms with E-state index in [2.05, 4.69) is 5.32 Å². The van der Waals surface area contributed by atoms with E-state index in [-0.39, 0.29) is 23.6 Å². The molecule has 4 heteroatoms. The van der Waals surface area contributed by atoms with Crippen LogP contribution in [0, 0.1) is 11.7 Å². The lowest BCUT2D eigenvalue weighted by atomic mass is 9.85. The van der Waals surface area contributed by atoms with E-state index in [1.165, 1.54) is 12.1 Å². The molecule has 1 aromatic rings. The van der Waals surface area contributed by atoms with Gasteiger partial charge in [0.2, 0.25) is 5.91 Å². The van der Waals surface area contributed by atoms with Crippen LogP contribution in [0.1, 0.15) is 17.9 Å². The molecule has 16 heavy (non-hydrogen) atoms. The van der Waals surface area contributed by atoms with E-state index in [0.29, 0.717) is 6.54 Å². The zero-order valence-corrected chi connectivity index (χ0v) is 8.95. The van der Waals surface area contributed by atoms with Gasteiger partial charge in [-0.2, -0.15) is 0 Å². The molecule has 1 aromatic carbocycles. The summed E-state index contributed by atoms with van der Waals surface area (Å²) in [6.45, 7) is 1.46. The summed E-state index contributed by atoms with van der Waals surface area (Å²) < 4.78 is 12.8. The topological polar surface area (TPSA) is 55.1 Å². The van der Waals surface area contributed by atoms with E-state index < -0.39 is 0 Å². The molecule has 0 radical (unpaired) electrons. The van der Waals surface area contributed by atoms with Crippen molar-refractivity contribution < 1.29 is 9.18 Å². The van der Waals surface area contributed by atoms with Crippen molar-refractivity contribution in [2.45, 2.75) is 12.3 Å². The highest BCUT2D eigenvalue weighted by Crippen LogP contribution is 2.26. The van der Waals surface area contributed by atoms with Gasteiger partial charge in [-0.1, -0.05) is 12.1 Å². The summed E-state index contributed by atoms with van der Waals surface area (Å²) in [6.07, 6.45) is 0.744. The number of halogens is 1. The van der Waals surface area contributed by atoms with Crippen LogP contribution < -0.4 is 11.1 Å². The van der Waals surface area contributed by atoms with E-state index >= 15 is 0 Å². The molecule has 2 unspecified atom stereocenters. The molecule has 2 rings (SSSR count). The van der Waals surface area contributed by atoms with Crippen LogP contribution in [0.5, 0.6) is 0 Å². The second-order valence-electron chi connectivity index (χ2n) is 4.24. The standard InChI is InChI=1S/C12H15FN2O/c13-11-3-1-8(2-4-11)9-5-10(12(14)16)7-15-6-9/h1-4,9-10,15H,5-7H2,(H2,14,16). The molecule has 86 valence electrons. The fourth-order valence-electron chi connectivity index (χ4n) is 2.15. The molecule has 1 saturated heterocycles. The van der Waals surface area contributed by atoms with Crippen molar-refractivity contribution >= 4 is 5.91 Å². The summed E-state index contributed by atoms with van der Waals surface area (Å²) in [6, 6.07) is 6.43. The third-order valence-corrected chi connectivity index (χ3v) is 3.09. The van der Waals surface area contributed by atoms with Crippen LogP contribution in [-0.4, -0.2) is 19.0 Å². The highest BCUT2D eigenvalue weighted by molar-refractivity contribution is 5.77. The number of amides is 1. The summed E-state index contributed by atoms with van der Waals surface area (Å²) in [7, 11) is 0. The average molecular weight is 222 g/mol.